The number of aromatic nitrogens is 10. The van der Waals surface area contributed by atoms with Crippen molar-refractivity contribution >= 4 is 160 Å². The summed E-state index contributed by atoms with van der Waals surface area (Å²) in [6, 6.07) is 13.6. The number of pyridine rings is 2. The van der Waals surface area contributed by atoms with Crippen LogP contribution in [0.4, 0.5) is 52.2 Å². The summed E-state index contributed by atoms with van der Waals surface area (Å²) >= 11 is 11.1. The minimum absolute atomic E-state index is 0.0162. The molecule has 1 aliphatic rings. The van der Waals surface area contributed by atoms with Gasteiger partial charge in [0.05, 0.1) is 63.0 Å². The normalized spacial score (nSPS) is 12.3. The van der Waals surface area contributed by atoms with E-state index in [0.29, 0.717) is 76.2 Å². The highest BCUT2D eigenvalue weighted by atomic mass is 79.9. The van der Waals surface area contributed by atoms with Crippen molar-refractivity contribution in [1.82, 2.24) is 49.9 Å². The number of nitrogens with zero attached hydrogens (tertiary/aromatic N) is 12. The maximum Gasteiger partial charge on any atom is 0.435 e. The fourth-order valence-electron chi connectivity index (χ4n) is 7.17. The predicted molar refractivity (Wildman–Crippen MR) is 340 cm³/mol. The van der Waals surface area contributed by atoms with Crippen LogP contribution in [0.25, 0.3) is 42.9 Å². The summed E-state index contributed by atoms with van der Waals surface area (Å²) < 4.78 is 29.5. The lowest BCUT2D eigenvalue weighted by Gasteiger charge is -2.25. The van der Waals surface area contributed by atoms with Crippen LogP contribution in [0.3, 0.4) is 0 Å². The number of nitrogens with one attached hydrogen (secondary N) is 1. The van der Waals surface area contributed by atoms with Crippen molar-refractivity contribution in [3.05, 3.63) is 85.7 Å². The Bertz CT molecular complexity index is 3680. The molecule has 7 heterocycles. The summed E-state index contributed by atoms with van der Waals surface area (Å²) in [7, 11) is 0. The Hall–Kier alpha value is -7.38. The van der Waals surface area contributed by atoms with Gasteiger partial charge in [0.2, 0.25) is 20.9 Å². The maximum absolute atomic E-state index is 13.4. The first-order valence-electron chi connectivity index (χ1n) is 26.3. The molecule has 3 amide bonds. The van der Waals surface area contributed by atoms with Crippen molar-refractivity contribution in [1.29, 1.82) is 0 Å². The molecular weight excluding hydrogens is 1350 g/mol. The molecule has 1 saturated heterocycles. The molecule has 1 fully saturated rings. The first-order chi connectivity index (χ1) is 40.3. The van der Waals surface area contributed by atoms with Gasteiger partial charge in [0, 0.05) is 53.7 Å². The second kappa shape index (κ2) is 29.3. The molecular formula is C56H65Br3N14O11S2. The second-order valence-electron chi connectivity index (χ2n) is 22.4. The van der Waals surface area contributed by atoms with Crippen LogP contribution in [0.15, 0.2) is 85.7 Å². The Kier molecular flexibility index (Phi) is 23.1. The number of rotatable bonds is 9. The Morgan fingerprint density at radius 1 is 0.581 bits per heavy atom. The molecule has 6 aromatic heterocycles. The van der Waals surface area contributed by atoms with E-state index in [1.807, 2.05) is 0 Å². The van der Waals surface area contributed by atoms with E-state index in [2.05, 4.69) is 93.7 Å². The highest BCUT2D eigenvalue weighted by molar-refractivity contribution is 9.19. The molecule has 3 N–H and O–H groups in total. The molecule has 0 aliphatic carbocycles. The third-order valence-electron chi connectivity index (χ3n) is 10.4. The van der Waals surface area contributed by atoms with Gasteiger partial charge in [-0.3, -0.25) is 19.6 Å². The number of nitrogens with two attached hydrogens (primary N) is 1. The number of halogens is 3. The molecule has 2 aromatic carbocycles. The molecule has 86 heavy (non-hydrogen) atoms. The van der Waals surface area contributed by atoms with E-state index in [-0.39, 0.29) is 21.1 Å². The number of hydrogen-bond donors (Lipinski definition) is 2. The standard InChI is InChI=1S/C26H28BrN7O5S.C24H27N7O4S.C4H8O.C2H2Br2O/c1-25(2,3)38-23(36)33(18-7-8-19-15(10-18)13-29-34(19)24(37)39-26(4,5)6)22-32-31-21(40-22)16-9-17(14-28-12-16)30-20(35)11-27;1-23(2,3)34-21(32)30(20-29-28-19(36-20)15-9-16(25)13-26-11-15)17-7-8-18-14(10-17)12-27-31(18)22(33)35-24(4,5)6;1-2-4-5-3-1;3-1-2(4)5/h7-10,12-14H,11H2,1-6H3,(H,30,35);7-13H,25H2,1-6H3;1-4H2;1H2. The van der Waals surface area contributed by atoms with Crippen LogP contribution in [-0.2, 0) is 33.3 Å². The number of amides is 3. The highest BCUT2D eigenvalue weighted by Crippen LogP contribution is 2.38. The number of anilines is 6. The van der Waals surface area contributed by atoms with Gasteiger partial charge in [0.25, 0.3) is 0 Å². The van der Waals surface area contributed by atoms with Gasteiger partial charge in [0.15, 0.2) is 10.0 Å². The molecule has 8 aromatic rings. The van der Waals surface area contributed by atoms with Gasteiger partial charge in [-0.25, -0.2) is 29.0 Å². The van der Waals surface area contributed by atoms with Crippen LogP contribution in [-0.4, -0.2) is 131 Å². The van der Waals surface area contributed by atoms with E-state index in [4.69, 9.17) is 29.4 Å². The minimum Gasteiger partial charge on any atom is -0.443 e. The van der Waals surface area contributed by atoms with E-state index in [0.717, 1.165) is 24.6 Å². The van der Waals surface area contributed by atoms with E-state index >= 15 is 0 Å². The van der Waals surface area contributed by atoms with Crippen LogP contribution in [0, 0.1) is 0 Å². The number of fused-ring (bicyclic) bond motifs is 2. The summed E-state index contributed by atoms with van der Waals surface area (Å²) in [5.41, 5.74) is 7.18. The van der Waals surface area contributed by atoms with Gasteiger partial charge in [-0.1, -0.05) is 54.5 Å². The first-order valence-corrected chi connectivity index (χ1v) is 31.0. The molecule has 0 radical (unpaired) electrons. The Labute approximate surface area is 529 Å². The summed E-state index contributed by atoms with van der Waals surface area (Å²) in [5.74, 6) is -0.224. The summed E-state index contributed by atoms with van der Waals surface area (Å²) in [6.45, 7) is 23.3. The third kappa shape index (κ3) is 20.1. The Balaban J connectivity index is 0.000000237. The van der Waals surface area contributed by atoms with Crippen molar-refractivity contribution in [3.63, 3.8) is 0 Å². The van der Waals surface area contributed by atoms with Crippen molar-refractivity contribution < 1.29 is 52.5 Å². The van der Waals surface area contributed by atoms with E-state index in [1.54, 1.807) is 144 Å². The Morgan fingerprint density at radius 2 is 1.00 bits per heavy atom. The number of carbonyl (C=O) groups is 6. The molecule has 25 nitrogen and oxygen atoms in total. The summed E-state index contributed by atoms with van der Waals surface area (Å²) in [4.78, 5) is 84.2. The lowest BCUT2D eigenvalue weighted by molar-refractivity contribution is -0.113. The van der Waals surface area contributed by atoms with Crippen molar-refractivity contribution in [2.75, 3.05) is 44.7 Å². The number of benzene rings is 2. The second-order valence-corrected chi connectivity index (χ2v) is 26.3. The molecule has 1 aliphatic heterocycles. The van der Waals surface area contributed by atoms with Crippen LogP contribution in [0.5, 0.6) is 0 Å². The zero-order valence-corrected chi connectivity index (χ0v) is 55.6. The quantitative estimate of drug-likeness (QED) is 0.0770. The maximum atomic E-state index is 13.4. The molecule has 30 heteroatoms. The van der Waals surface area contributed by atoms with Crippen LogP contribution in [0.1, 0.15) is 95.9 Å². The minimum atomic E-state index is -0.777. The zero-order valence-electron chi connectivity index (χ0n) is 49.2. The number of nitrogen functional groups attached to an aromatic ring is 1. The monoisotopic (exact) mass is 1410 g/mol. The first kappa shape index (κ1) is 67.7. The fraction of sp³-hybridized carbons (Fsp3) is 0.393. The predicted octanol–water partition coefficient (Wildman–Crippen LogP) is 13.6. The SMILES string of the molecule is C1CCOC1.CC(C)(C)OC(=O)N(c1ccc2c(cnn2C(=O)OC(C)(C)C)c1)c1nnc(-c2cncc(N)c2)s1.CC(C)(C)OC(=O)N(c1ccc2c(cnn2C(=O)OC(C)(C)C)c1)c1nnc(-c2cncc(NC(=O)CBr)c2)s1.O=C(Br)CBr. The molecule has 0 bridgehead atoms. The third-order valence-corrected chi connectivity index (χ3v) is 14.4. The lowest BCUT2D eigenvalue weighted by atomic mass is 10.2. The molecule has 0 atom stereocenters. The molecule has 9 rings (SSSR count). The van der Waals surface area contributed by atoms with E-state index in [1.165, 1.54) is 68.1 Å². The van der Waals surface area contributed by atoms with Crippen molar-refractivity contribution in [3.8, 4) is 21.1 Å². The van der Waals surface area contributed by atoms with Crippen molar-refractivity contribution in [2.24, 2.45) is 0 Å². The lowest BCUT2D eigenvalue weighted by Crippen LogP contribution is -2.33. The van der Waals surface area contributed by atoms with Gasteiger partial charge in [-0.05, 0) is 160 Å². The number of hydrogen-bond acceptors (Lipinski definition) is 22. The van der Waals surface area contributed by atoms with E-state index in [9.17, 15) is 28.8 Å². The smallest absolute Gasteiger partial charge is 0.435 e. The molecule has 0 spiro atoms. The molecule has 458 valence electrons. The topological polar surface area (TPSA) is 306 Å². The fourth-order valence-corrected chi connectivity index (χ4v) is 8.99. The average molecular weight is 1410 g/mol. The van der Waals surface area contributed by atoms with E-state index < -0.39 is 46.8 Å². The molecule has 0 unspecified atom stereocenters. The van der Waals surface area contributed by atoms with Gasteiger partial charge in [-0.15, -0.1) is 20.4 Å². The number of alkyl halides is 2. The van der Waals surface area contributed by atoms with Gasteiger partial charge in [0.1, 0.15) is 22.4 Å². The number of carbonyl (C=O) groups excluding carboxylic acids is 6. The van der Waals surface area contributed by atoms with Gasteiger partial charge >= 0.3 is 24.4 Å². The Morgan fingerprint density at radius 3 is 1.37 bits per heavy atom. The van der Waals surface area contributed by atoms with Crippen molar-refractivity contribution in [2.45, 2.75) is 118 Å². The molecule has 0 saturated carbocycles. The van der Waals surface area contributed by atoms with Crippen LogP contribution >= 0.6 is 70.5 Å². The largest absolute Gasteiger partial charge is 0.443 e. The summed E-state index contributed by atoms with van der Waals surface area (Å²) in [5, 5.41) is 31.4. The average Bonchev–Trinajstić information content (AvgIpc) is 2.33. The number of ether oxygens (including phenoxy) is 5. The highest BCUT2D eigenvalue weighted by Gasteiger charge is 2.31. The van der Waals surface area contributed by atoms with Gasteiger partial charge < -0.3 is 34.7 Å². The van der Waals surface area contributed by atoms with Crippen LogP contribution < -0.4 is 20.9 Å². The van der Waals surface area contributed by atoms with Gasteiger partial charge in [-0.2, -0.15) is 19.6 Å². The summed E-state index contributed by atoms with van der Waals surface area (Å²) in [6.07, 6.45) is 9.35. The van der Waals surface area contributed by atoms with Crippen LogP contribution in [0.2, 0.25) is 0 Å². The zero-order chi connectivity index (χ0) is 63.3.